The maximum atomic E-state index is 11.5. The largest absolute Gasteiger partial charge is 0.378 e. The maximum absolute atomic E-state index is 11.5. The van der Waals surface area contributed by atoms with Crippen LogP contribution < -0.4 is 0 Å². The molecule has 0 N–H and O–H groups in total. The zero-order valence-corrected chi connectivity index (χ0v) is 8.14. The van der Waals surface area contributed by atoms with Crippen LogP contribution in [-0.4, -0.2) is 18.5 Å². The Hall–Kier alpha value is -0.370. The van der Waals surface area contributed by atoms with Crippen molar-refractivity contribution in [3.63, 3.8) is 0 Å². The first-order chi connectivity index (χ1) is 7.79. The monoisotopic (exact) mass is 188 g/mol. The van der Waals surface area contributed by atoms with Crippen molar-refractivity contribution < 1.29 is 15.0 Å². The van der Waals surface area contributed by atoms with E-state index in [-0.39, 0.29) is 12.8 Å². The summed E-state index contributed by atoms with van der Waals surface area (Å²) in [6.07, 6.45) is -1.73. The first-order valence-corrected chi connectivity index (χ1v) is 4.96. The van der Waals surface area contributed by atoms with E-state index in [4.69, 9.17) is 10.2 Å². The minimum Gasteiger partial charge on any atom is -0.378 e. The molecule has 2 heteroatoms. The van der Waals surface area contributed by atoms with Gasteiger partial charge in [-0.05, 0) is 19.3 Å². The molecule has 1 saturated carbocycles. The Labute approximate surface area is 86.3 Å². The number of unbranched alkanes of at least 4 members (excludes halogenated alkanes) is 2. The second-order valence-electron chi connectivity index (χ2n) is 3.29. The summed E-state index contributed by atoms with van der Waals surface area (Å²) in [5.41, 5.74) is 0. The summed E-state index contributed by atoms with van der Waals surface area (Å²) in [5.74, 6) is -0.946. The molecule has 0 aromatic rings. The van der Waals surface area contributed by atoms with Crippen LogP contribution in [-0.2, 0) is 9.53 Å². The van der Waals surface area contributed by atoms with Crippen molar-refractivity contribution in [2.75, 3.05) is 6.61 Å². The van der Waals surface area contributed by atoms with Crippen LogP contribution in [0, 0.1) is 0 Å². The highest BCUT2D eigenvalue weighted by Gasteiger charge is 2.18. The van der Waals surface area contributed by atoms with Gasteiger partial charge in [0.2, 0.25) is 0 Å². The molecule has 0 aliphatic heterocycles. The van der Waals surface area contributed by atoms with E-state index in [9.17, 15) is 4.79 Å². The van der Waals surface area contributed by atoms with E-state index in [2.05, 4.69) is 6.92 Å². The quantitative estimate of drug-likeness (QED) is 0.620. The Morgan fingerprint density at radius 1 is 1.46 bits per heavy atom. The highest BCUT2D eigenvalue weighted by molar-refractivity contribution is 5.79. The minimum absolute atomic E-state index is 0.0303. The Bertz CT molecular complexity index is 259. The summed E-state index contributed by atoms with van der Waals surface area (Å²) in [5, 5.41) is 0. The number of Topliss-reactive ketones (excluding diaryl/α,β-unsaturated/α-hetero) is 1. The van der Waals surface area contributed by atoms with E-state index in [1.807, 2.05) is 0 Å². The molecule has 0 aromatic carbocycles. The van der Waals surface area contributed by atoms with Gasteiger partial charge in [-0.2, -0.15) is 0 Å². The Morgan fingerprint density at radius 3 is 2.77 bits per heavy atom. The first-order valence-electron chi connectivity index (χ1n) is 6.96. The van der Waals surface area contributed by atoms with Crippen LogP contribution in [0.4, 0.5) is 0 Å². The molecular weight excluding hydrogens is 164 g/mol. The number of carbonyl (C=O) groups is 1. The average Bonchev–Trinajstić information content (AvgIpc) is 2.20. The fraction of sp³-hybridized carbons (Fsp3) is 0.909. The molecule has 0 spiro atoms. The van der Waals surface area contributed by atoms with Crippen molar-refractivity contribution in [2.24, 2.45) is 0 Å². The standard InChI is InChI=1S/C11H20O2/c1-2-3-4-9-13-11-7-5-10(12)6-8-11/h11H,2-9H2,1H3/i5D2,6D2. The molecule has 1 rings (SSSR count). The van der Waals surface area contributed by atoms with E-state index in [1.54, 1.807) is 0 Å². The molecule has 0 amide bonds. The average molecular weight is 188 g/mol. The number of ketones is 1. The van der Waals surface area contributed by atoms with Crippen molar-refractivity contribution in [2.45, 2.75) is 57.9 Å². The summed E-state index contributed by atoms with van der Waals surface area (Å²) in [4.78, 5) is 11.5. The number of ether oxygens (including phenoxy) is 1. The van der Waals surface area contributed by atoms with Gasteiger partial charge >= 0.3 is 0 Å². The highest BCUT2D eigenvalue weighted by Crippen LogP contribution is 2.18. The van der Waals surface area contributed by atoms with Crippen molar-refractivity contribution >= 4 is 5.78 Å². The molecule has 0 saturated heterocycles. The molecule has 1 aliphatic carbocycles. The summed E-state index contributed by atoms with van der Waals surface area (Å²) >= 11 is 0. The lowest BCUT2D eigenvalue weighted by atomic mass is 9.96. The van der Waals surface area contributed by atoms with E-state index in [0.29, 0.717) is 6.61 Å². The molecule has 76 valence electrons. The Balaban J connectivity index is 2.50. The first kappa shape index (κ1) is 6.18. The molecule has 0 unspecified atom stereocenters. The van der Waals surface area contributed by atoms with Crippen LogP contribution in [0.25, 0.3) is 0 Å². The molecule has 0 radical (unpaired) electrons. The summed E-state index contributed by atoms with van der Waals surface area (Å²) in [6.45, 7) is 2.59. The molecule has 13 heavy (non-hydrogen) atoms. The number of hydrogen-bond donors (Lipinski definition) is 0. The molecule has 1 fully saturated rings. The molecular formula is C11H20O2. The second-order valence-corrected chi connectivity index (χ2v) is 3.29. The third-order valence-electron chi connectivity index (χ3n) is 2.08. The molecule has 0 heterocycles. The van der Waals surface area contributed by atoms with Crippen molar-refractivity contribution in [3.05, 3.63) is 0 Å². The van der Waals surface area contributed by atoms with Gasteiger partial charge in [0, 0.05) is 24.8 Å². The Morgan fingerprint density at radius 2 is 2.15 bits per heavy atom. The van der Waals surface area contributed by atoms with Crippen LogP contribution in [0.3, 0.4) is 0 Å². The molecule has 0 bridgehead atoms. The van der Waals surface area contributed by atoms with Gasteiger partial charge in [0.15, 0.2) is 0 Å². The smallest absolute Gasteiger partial charge is 0.133 e. The van der Waals surface area contributed by atoms with E-state index < -0.39 is 24.6 Å². The lowest BCUT2D eigenvalue weighted by molar-refractivity contribution is -0.123. The van der Waals surface area contributed by atoms with Gasteiger partial charge in [-0.15, -0.1) is 0 Å². The van der Waals surface area contributed by atoms with Gasteiger partial charge < -0.3 is 4.74 Å². The van der Waals surface area contributed by atoms with Gasteiger partial charge in [0.25, 0.3) is 0 Å². The van der Waals surface area contributed by atoms with E-state index in [1.165, 1.54) is 0 Å². The minimum atomic E-state index is -2.10. The van der Waals surface area contributed by atoms with Gasteiger partial charge in [-0.1, -0.05) is 19.8 Å². The SMILES string of the molecule is [2H]C1([2H])CC(OCCCCC)CC([2H])([2H])C1=O. The summed E-state index contributed by atoms with van der Waals surface area (Å²) in [7, 11) is 0. The van der Waals surface area contributed by atoms with Crippen molar-refractivity contribution in [1.82, 2.24) is 0 Å². The van der Waals surface area contributed by atoms with Crippen LogP contribution >= 0.6 is 0 Å². The molecule has 2 nitrogen and oxygen atoms in total. The van der Waals surface area contributed by atoms with Crippen LogP contribution in [0.5, 0.6) is 0 Å². The third kappa shape index (κ3) is 4.41. The molecule has 0 aromatic heterocycles. The topological polar surface area (TPSA) is 26.3 Å². The highest BCUT2D eigenvalue weighted by atomic mass is 16.5. The normalized spacial score (nSPS) is 31.6. The van der Waals surface area contributed by atoms with Crippen molar-refractivity contribution in [3.8, 4) is 0 Å². The van der Waals surface area contributed by atoms with Crippen molar-refractivity contribution in [1.29, 1.82) is 0 Å². The summed E-state index contributed by atoms with van der Waals surface area (Å²) < 4.78 is 35.6. The van der Waals surface area contributed by atoms with Gasteiger partial charge in [0.05, 0.1) is 6.10 Å². The van der Waals surface area contributed by atoms with Crippen LogP contribution in [0.15, 0.2) is 0 Å². The maximum Gasteiger partial charge on any atom is 0.133 e. The zero-order chi connectivity index (χ0) is 13.1. The van der Waals surface area contributed by atoms with Gasteiger partial charge in [0.1, 0.15) is 5.78 Å². The lowest BCUT2D eigenvalue weighted by Crippen LogP contribution is -2.21. The summed E-state index contributed by atoms with van der Waals surface area (Å²) in [6, 6.07) is 0. The number of carbonyl (C=O) groups excluding carboxylic acids is 1. The van der Waals surface area contributed by atoms with Crippen LogP contribution in [0.1, 0.15) is 57.3 Å². The van der Waals surface area contributed by atoms with Crippen LogP contribution in [0.2, 0.25) is 0 Å². The third-order valence-corrected chi connectivity index (χ3v) is 2.08. The number of rotatable bonds is 5. The van der Waals surface area contributed by atoms with E-state index >= 15 is 0 Å². The molecule has 1 aliphatic rings. The zero-order valence-electron chi connectivity index (χ0n) is 12.1. The predicted molar refractivity (Wildman–Crippen MR) is 52.7 cm³/mol. The van der Waals surface area contributed by atoms with Gasteiger partial charge in [-0.3, -0.25) is 4.79 Å². The Kier molecular flexibility index (Phi) is 2.92. The fourth-order valence-corrected chi connectivity index (χ4v) is 1.27. The molecule has 0 atom stereocenters. The lowest BCUT2D eigenvalue weighted by Gasteiger charge is -2.21. The van der Waals surface area contributed by atoms with Gasteiger partial charge in [-0.25, -0.2) is 0 Å². The number of hydrogen-bond acceptors (Lipinski definition) is 2. The fourth-order valence-electron chi connectivity index (χ4n) is 1.27. The predicted octanol–water partition coefficient (Wildman–Crippen LogP) is 2.70. The second kappa shape index (κ2) is 6.14. The van der Waals surface area contributed by atoms with E-state index in [0.717, 1.165) is 19.3 Å².